The Morgan fingerprint density at radius 2 is 1.65 bits per heavy atom. The SMILES string of the molecule is C[C@H]1CCC2C([C@@H]3[C@]1(O)CC[C@]3(C)O)C2(C)C. The molecule has 0 spiro atoms. The number of fused-ring (bicyclic) bond motifs is 3. The van der Waals surface area contributed by atoms with Crippen LogP contribution in [0.3, 0.4) is 0 Å². The molecule has 17 heavy (non-hydrogen) atoms. The Bertz CT molecular complexity index is 347. The lowest BCUT2D eigenvalue weighted by atomic mass is 9.72. The van der Waals surface area contributed by atoms with Crippen LogP contribution in [0.2, 0.25) is 0 Å². The van der Waals surface area contributed by atoms with Crippen molar-refractivity contribution < 1.29 is 10.2 Å². The van der Waals surface area contributed by atoms with Crippen molar-refractivity contribution in [2.45, 2.75) is 64.6 Å². The van der Waals surface area contributed by atoms with Gasteiger partial charge in [0.25, 0.3) is 0 Å². The molecule has 0 aromatic heterocycles. The maximum atomic E-state index is 11.1. The van der Waals surface area contributed by atoms with Gasteiger partial charge in [-0.25, -0.2) is 0 Å². The second kappa shape index (κ2) is 3.08. The Labute approximate surface area is 104 Å². The summed E-state index contributed by atoms with van der Waals surface area (Å²) in [7, 11) is 0. The van der Waals surface area contributed by atoms with Crippen LogP contribution in [0.15, 0.2) is 0 Å². The average Bonchev–Trinajstić information content (AvgIpc) is 2.67. The van der Waals surface area contributed by atoms with Crippen LogP contribution in [0.5, 0.6) is 0 Å². The van der Waals surface area contributed by atoms with Gasteiger partial charge in [0.15, 0.2) is 0 Å². The lowest BCUT2D eigenvalue weighted by Gasteiger charge is -2.40. The van der Waals surface area contributed by atoms with Crippen molar-refractivity contribution in [3.05, 3.63) is 0 Å². The van der Waals surface area contributed by atoms with E-state index in [4.69, 9.17) is 0 Å². The zero-order valence-electron chi connectivity index (χ0n) is 11.5. The van der Waals surface area contributed by atoms with Crippen LogP contribution in [-0.4, -0.2) is 21.4 Å². The Hall–Kier alpha value is -0.0800. The molecular weight excluding hydrogens is 212 g/mol. The van der Waals surface area contributed by atoms with Gasteiger partial charge in [-0.1, -0.05) is 20.8 Å². The van der Waals surface area contributed by atoms with Crippen LogP contribution in [-0.2, 0) is 0 Å². The smallest absolute Gasteiger partial charge is 0.0732 e. The van der Waals surface area contributed by atoms with Crippen molar-refractivity contribution in [3.8, 4) is 0 Å². The Morgan fingerprint density at radius 3 is 2.29 bits per heavy atom. The van der Waals surface area contributed by atoms with Gasteiger partial charge in [-0.2, -0.15) is 0 Å². The van der Waals surface area contributed by atoms with E-state index in [1.807, 2.05) is 6.92 Å². The fourth-order valence-electron chi connectivity index (χ4n) is 5.23. The van der Waals surface area contributed by atoms with E-state index in [2.05, 4.69) is 20.8 Å². The van der Waals surface area contributed by atoms with Crippen LogP contribution in [0.25, 0.3) is 0 Å². The number of rotatable bonds is 0. The molecule has 2 nitrogen and oxygen atoms in total. The summed E-state index contributed by atoms with van der Waals surface area (Å²) in [6.45, 7) is 8.74. The van der Waals surface area contributed by atoms with Crippen molar-refractivity contribution in [1.82, 2.24) is 0 Å². The minimum absolute atomic E-state index is 0.0903. The molecule has 0 saturated heterocycles. The fourth-order valence-corrected chi connectivity index (χ4v) is 5.23. The third-order valence-corrected chi connectivity index (χ3v) is 6.50. The first-order valence-corrected chi connectivity index (χ1v) is 7.16. The fraction of sp³-hybridized carbons (Fsp3) is 1.00. The average molecular weight is 238 g/mol. The highest BCUT2D eigenvalue weighted by Crippen LogP contribution is 2.72. The largest absolute Gasteiger partial charge is 0.390 e. The van der Waals surface area contributed by atoms with E-state index in [-0.39, 0.29) is 5.92 Å². The minimum atomic E-state index is -0.663. The van der Waals surface area contributed by atoms with E-state index in [1.165, 1.54) is 6.42 Å². The van der Waals surface area contributed by atoms with Crippen LogP contribution in [0, 0.1) is 29.1 Å². The highest BCUT2D eigenvalue weighted by molar-refractivity contribution is 5.20. The van der Waals surface area contributed by atoms with Crippen LogP contribution in [0.1, 0.15) is 53.4 Å². The van der Waals surface area contributed by atoms with E-state index in [0.29, 0.717) is 23.2 Å². The van der Waals surface area contributed by atoms with Crippen LogP contribution >= 0.6 is 0 Å². The molecule has 0 aliphatic heterocycles. The van der Waals surface area contributed by atoms with Gasteiger partial charge < -0.3 is 10.2 Å². The van der Waals surface area contributed by atoms with Crippen LogP contribution < -0.4 is 0 Å². The molecule has 98 valence electrons. The van der Waals surface area contributed by atoms with E-state index < -0.39 is 11.2 Å². The summed E-state index contributed by atoms with van der Waals surface area (Å²) in [5.41, 5.74) is -0.951. The summed E-state index contributed by atoms with van der Waals surface area (Å²) in [4.78, 5) is 0. The lowest BCUT2D eigenvalue weighted by molar-refractivity contribution is -0.105. The molecule has 0 heterocycles. The quantitative estimate of drug-likeness (QED) is 0.681. The molecule has 3 aliphatic carbocycles. The Kier molecular flexibility index (Phi) is 2.17. The van der Waals surface area contributed by atoms with Gasteiger partial charge in [0.2, 0.25) is 0 Å². The summed E-state index contributed by atoms with van der Waals surface area (Å²) >= 11 is 0. The number of hydrogen-bond donors (Lipinski definition) is 2. The molecule has 3 rings (SSSR count). The summed E-state index contributed by atoms with van der Waals surface area (Å²) in [6.07, 6.45) is 3.89. The van der Waals surface area contributed by atoms with Gasteiger partial charge >= 0.3 is 0 Å². The normalized spacial score (nSPS) is 60.4. The minimum Gasteiger partial charge on any atom is -0.390 e. The van der Waals surface area contributed by atoms with Crippen molar-refractivity contribution in [2.75, 3.05) is 0 Å². The molecule has 0 radical (unpaired) electrons. The van der Waals surface area contributed by atoms with Crippen molar-refractivity contribution in [1.29, 1.82) is 0 Å². The molecular formula is C15H26O2. The molecule has 2 heteroatoms. The highest BCUT2D eigenvalue weighted by atomic mass is 16.3. The summed E-state index contributed by atoms with van der Waals surface area (Å²) in [6, 6.07) is 0. The van der Waals surface area contributed by atoms with Crippen LogP contribution in [0.4, 0.5) is 0 Å². The molecule has 2 N–H and O–H groups in total. The predicted octanol–water partition coefficient (Wildman–Crippen LogP) is 2.58. The van der Waals surface area contributed by atoms with E-state index in [9.17, 15) is 10.2 Å². The Balaban J connectivity index is 2.03. The first kappa shape index (κ1) is 12.0. The molecule has 3 fully saturated rings. The summed E-state index contributed by atoms with van der Waals surface area (Å²) in [5, 5.41) is 21.7. The molecule has 3 aliphatic rings. The zero-order valence-corrected chi connectivity index (χ0v) is 11.5. The standard InChI is InChI=1S/C15H26O2/c1-9-5-6-10-11(13(10,2)3)12-14(4,16)7-8-15(9,12)17/h9-12,16-17H,5-8H2,1-4H3/t9-,10?,11?,12-,14-,15-/m0/s1. The van der Waals surface area contributed by atoms with Gasteiger partial charge in [0, 0.05) is 5.92 Å². The lowest BCUT2D eigenvalue weighted by Crippen LogP contribution is -2.48. The molecule has 2 unspecified atom stereocenters. The monoisotopic (exact) mass is 238 g/mol. The third kappa shape index (κ3) is 1.34. The number of hydrogen-bond acceptors (Lipinski definition) is 2. The van der Waals surface area contributed by atoms with E-state index in [1.54, 1.807) is 0 Å². The number of aliphatic hydroxyl groups is 2. The molecule has 0 aromatic rings. The second-order valence-corrected chi connectivity index (χ2v) is 7.76. The maximum Gasteiger partial charge on any atom is 0.0732 e. The van der Waals surface area contributed by atoms with Crippen molar-refractivity contribution in [3.63, 3.8) is 0 Å². The van der Waals surface area contributed by atoms with Gasteiger partial charge in [0.05, 0.1) is 11.2 Å². The van der Waals surface area contributed by atoms with Gasteiger partial charge in [0.1, 0.15) is 0 Å². The van der Waals surface area contributed by atoms with Gasteiger partial charge in [-0.05, 0) is 55.8 Å². The van der Waals surface area contributed by atoms with E-state index in [0.717, 1.165) is 19.3 Å². The molecule has 6 atom stereocenters. The van der Waals surface area contributed by atoms with Gasteiger partial charge in [-0.15, -0.1) is 0 Å². The first-order valence-electron chi connectivity index (χ1n) is 7.16. The second-order valence-electron chi connectivity index (χ2n) is 7.76. The molecule has 0 bridgehead atoms. The third-order valence-electron chi connectivity index (χ3n) is 6.50. The predicted molar refractivity (Wildman–Crippen MR) is 67.5 cm³/mol. The topological polar surface area (TPSA) is 40.5 Å². The molecule has 0 aromatic carbocycles. The zero-order chi connectivity index (χ0) is 12.6. The first-order chi connectivity index (χ1) is 7.71. The van der Waals surface area contributed by atoms with Crippen molar-refractivity contribution in [2.24, 2.45) is 29.1 Å². The summed E-state index contributed by atoms with van der Waals surface area (Å²) in [5.74, 6) is 1.67. The summed E-state index contributed by atoms with van der Waals surface area (Å²) < 4.78 is 0. The van der Waals surface area contributed by atoms with Crippen molar-refractivity contribution >= 4 is 0 Å². The molecule has 3 saturated carbocycles. The molecule has 0 amide bonds. The van der Waals surface area contributed by atoms with Gasteiger partial charge in [-0.3, -0.25) is 0 Å². The highest BCUT2D eigenvalue weighted by Gasteiger charge is 2.71. The maximum absolute atomic E-state index is 11.1. The Morgan fingerprint density at radius 1 is 1.00 bits per heavy atom. The van der Waals surface area contributed by atoms with E-state index >= 15 is 0 Å².